The Morgan fingerprint density at radius 2 is 1.74 bits per heavy atom. The average Bonchev–Trinajstić information content (AvgIpc) is 3.42. The second kappa shape index (κ2) is 11.3. The normalized spacial score (nSPS) is 15.3. The standard InChI is InChI=1S/C32H32N4O2S/c1-21-10-15-29(22(2)16-21)36-23(3)17-28(24(36)4)18-33-34-31(38)26-11-13-27(14-12-26)32-35(30(37)20-39-32)19-25-8-6-5-7-9-25/h5-18,32H,19-20H2,1-4H3,(H,34,38)/b33-18-/t32-/m1/s1. The number of hydrazone groups is 1. The van der Waals surface area contributed by atoms with E-state index in [0.29, 0.717) is 17.9 Å². The third kappa shape index (κ3) is 5.68. The first-order chi connectivity index (χ1) is 18.8. The van der Waals surface area contributed by atoms with Crippen LogP contribution in [-0.2, 0) is 11.3 Å². The lowest BCUT2D eigenvalue weighted by atomic mass is 10.1. The fourth-order valence-corrected chi connectivity index (χ4v) is 6.24. The SMILES string of the molecule is Cc1ccc(-n2c(C)cc(/C=N\NC(=O)c3ccc([C@H]4SCC(=O)N4Cc4ccccc4)cc3)c2C)c(C)c1. The summed E-state index contributed by atoms with van der Waals surface area (Å²) in [6.45, 7) is 8.90. The van der Waals surface area contributed by atoms with Crippen molar-refractivity contribution in [3.8, 4) is 5.69 Å². The molecule has 1 aliphatic rings. The summed E-state index contributed by atoms with van der Waals surface area (Å²) < 4.78 is 2.21. The maximum absolute atomic E-state index is 12.8. The minimum absolute atomic E-state index is 0.0692. The van der Waals surface area contributed by atoms with Crippen molar-refractivity contribution >= 4 is 29.8 Å². The molecule has 198 valence electrons. The van der Waals surface area contributed by atoms with Gasteiger partial charge in [0.15, 0.2) is 0 Å². The third-order valence-electron chi connectivity index (χ3n) is 7.06. The van der Waals surface area contributed by atoms with Crippen LogP contribution in [0.2, 0.25) is 0 Å². The molecule has 6 nitrogen and oxygen atoms in total. The molecule has 2 amide bonds. The van der Waals surface area contributed by atoms with Gasteiger partial charge in [0, 0.05) is 34.7 Å². The molecule has 0 saturated carbocycles. The molecule has 1 aromatic heterocycles. The van der Waals surface area contributed by atoms with Crippen LogP contribution >= 0.6 is 11.8 Å². The lowest BCUT2D eigenvalue weighted by Gasteiger charge is -2.24. The molecular weight excluding hydrogens is 504 g/mol. The molecule has 1 N–H and O–H groups in total. The van der Waals surface area contributed by atoms with Crippen LogP contribution < -0.4 is 5.43 Å². The van der Waals surface area contributed by atoms with Crippen LogP contribution in [0.3, 0.4) is 0 Å². The van der Waals surface area contributed by atoms with Crippen molar-refractivity contribution in [1.82, 2.24) is 14.9 Å². The van der Waals surface area contributed by atoms with Gasteiger partial charge >= 0.3 is 0 Å². The number of hydrogen-bond donors (Lipinski definition) is 1. The Hall–Kier alpha value is -4.10. The monoisotopic (exact) mass is 536 g/mol. The predicted molar refractivity (Wildman–Crippen MR) is 158 cm³/mol. The molecule has 39 heavy (non-hydrogen) atoms. The quantitative estimate of drug-likeness (QED) is 0.224. The van der Waals surface area contributed by atoms with Gasteiger partial charge in [-0.05, 0) is 68.7 Å². The topological polar surface area (TPSA) is 66.7 Å². The van der Waals surface area contributed by atoms with Crippen molar-refractivity contribution in [3.63, 3.8) is 0 Å². The van der Waals surface area contributed by atoms with Crippen LogP contribution in [-0.4, -0.2) is 33.2 Å². The van der Waals surface area contributed by atoms with Crippen molar-refractivity contribution in [3.05, 3.63) is 124 Å². The first-order valence-corrected chi connectivity index (χ1v) is 14.0. The van der Waals surface area contributed by atoms with Gasteiger partial charge in [0.1, 0.15) is 5.37 Å². The summed E-state index contributed by atoms with van der Waals surface area (Å²) in [4.78, 5) is 27.2. The number of nitrogens with one attached hydrogen (secondary N) is 1. The summed E-state index contributed by atoms with van der Waals surface area (Å²) in [6.07, 6.45) is 1.69. The largest absolute Gasteiger partial charge is 0.322 e. The number of aromatic nitrogens is 1. The Labute approximate surface area is 233 Å². The van der Waals surface area contributed by atoms with Gasteiger partial charge in [-0.3, -0.25) is 9.59 Å². The zero-order chi connectivity index (χ0) is 27.5. The van der Waals surface area contributed by atoms with Crippen LogP contribution in [0, 0.1) is 27.7 Å². The molecule has 0 aliphatic carbocycles. The number of nitrogens with zero attached hydrogens (tertiary/aromatic N) is 3. The van der Waals surface area contributed by atoms with Gasteiger partial charge < -0.3 is 9.47 Å². The highest BCUT2D eigenvalue weighted by Crippen LogP contribution is 2.39. The van der Waals surface area contributed by atoms with Gasteiger partial charge in [0.2, 0.25) is 5.91 Å². The average molecular weight is 537 g/mol. The van der Waals surface area contributed by atoms with Gasteiger partial charge in [-0.15, -0.1) is 11.8 Å². The van der Waals surface area contributed by atoms with Crippen LogP contribution in [0.25, 0.3) is 5.69 Å². The van der Waals surface area contributed by atoms with E-state index in [2.05, 4.69) is 67.1 Å². The fraction of sp³-hybridized carbons (Fsp3) is 0.219. The summed E-state index contributed by atoms with van der Waals surface area (Å²) in [5.74, 6) is 0.303. The number of amides is 2. The van der Waals surface area contributed by atoms with E-state index in [4.69, 9.17) is 0 Å². The van der Waals surface area contributed by atoms with Crippen molar-refractivity contribution in [2.45, 2.75) is 39.6 Å². The molecular formula is C32H32N4O2S. The molecule has 0 bridgehead atoms. The summed E-state index contributed by atoms with van der Waals surface area (Å²) in [7, 11) is 0. The van der Waals surface area contributed by atoms with Gasteiger partial charge in [0.05, 0.1) is 12.0 Å². The van der Waals surface area contributed by atoms with E-state index >= 15 is 0 Å². The number of benzene rings is 3. The van der Waals surface area contributed by atoms with E-state index < -0.39 is 0 Å². The fourth-order valence-electron chi connectivity index (χ4n) is 5.05. The highest BCUT2D eigenvalue weighted by atomic mass is 32.2. The Bertz CT molecular complexity index is 1540. The van der Waals surface area contributed by atoms with Gasteiger partial charge in [-0.2, -0.15) is 5.10 Å². The summed E-state index contributed by atoms with van der Waals surface area (Å²) in [6, 6.07) is 25.9. The van der Waals surface area contributed by atoms with E-state index in [1.165, 1.54) is 11.1 Å². The Balaban J connectivity index is 1.25. The van der Waals surface area contributed by atoms with E-state index in [1.807, 2.05) is 47.4 Å². The molecule has 1 atom stereocenters. The number of hydrogen-bond acceptors (Lipinski definition) is 4. The predicted octanol–water partition coefficient (Wildman–Crippen LogP) is 6.25. The van der Waals surface area contributed by atoms with E-state index in [9.17, 15) is 9.59 Å². The molecule has 0 radical (unpaired) electrons. The molecule has 1 fully saturated rings. The molecule has 2 heterocycles. The van der Waals surface area contributed by atoms with Crippen LogP contribution in [0.15, 0.2) is 84.0 Å². The van der Waals surface area contributed by atoms with Gasteiger partial charge in [0.25, 0.3) is 5.91 Å². The first kappa shape index (κ1) is 26.5. The lowest BCUT2D eigenvalue weighted by Crippen LogP contribution is -2.27. The summed E-state index contributed by atoms with van der Waals surface area (Å²) >= 11 is 1.61. The van der Waals surface area contributed by atoms with Crippen molar-refractivity contribution in [2.24, 2.45) is 5.10 Å². The maximum Gasteiger partial charge on any atom is 0.271 e. The minimum atomic E-state index is -0.280. The molecule has 0 spiro atoms. The minimum Gasteiger partial charge on any atom is -0.322 e. The van der Waals surface area contributed by atoms with Crippen LogP contribution in [0.5, 0.6) is 0 Å². The molecule has 4 aromatic rings. The van der Waals surface area contributed by atoms with Crippen molar-refractivity contribution in [1.29, 1.82) is 0 Å². The van der Waals surface area contributed by atoms with Crippen LogP contribution in [0.4, 0.5) is 0 Å². The molecule has 1 aliphatic heterocycles. The Morgan fingerprint density at radius 1 is 1.00 bits per heavy atom. The number of carbonyl (C=O) groups is 2. The Morgan fingerprint density at radius 3 is 2.46 bits per heavy atom. The number of aryl methyl sites for hydroxylation is 3. The second-order valence-corrected chi connectivity index (χ2v) is 11.0. The second-order valence-electron chi connectivity index (χ2n) is 9.94. The Kier molecular flexibility index (Phi) is 7.70. The van der Waals surface area contributed by atoms with Crippen molar-refractivity contribution < 1.29 is 9.59 Å². The zero-order valence-electron chi connectivity index (χ0n) is 22.6. The van der Waals surface area contributed by atoms with Crippen molar-refractivity contribution in [2.75, 3.05) is 5.75 Å². The third-order valence-corrected chi connectivity index (χ3v) is 8.31. The molecule has 0 unspecified atom stereocenters. The molecule has 1 saturated heterocycles. The maximum atomic E-state index is 12.8. The van der Waals surface area contributed by atoms with Crippen LogP contribution in [0.1, 0.15) is 54.9 Å². The molecule has 3 aromatic carbocycles. The smallest absolute Gasteiger partial charge is 0.271 e. The molecule has 7 heteroatoms. The summed E-state index contributed by atoms with van der Waals surface area (Å²) in [5.41, 5.74) is 12.0. The highest BCUT2D eigenvalue weighted by Gasteiger charge is 2.32. The molecule has 5 rings (SSSR count). The van der Waals surface area contributed by atoms with E-state index in [-0.39, 0.29) is 17.2 Å². The number of carbonyl (C=O) groups excluding carboxylic acids is 2. The lowest BCUT2D eigenvalue weighted by molar-refractivity contribution is -0.128. The van der Waals surface area contributed by atoms with E-state index in [1.54, 1.807) is 30.1 Å². The first-order valence-electron chi connectivity index (χ1n) is 13.0. The number of thioether (sulfide) groups is 1. The van der Waals surface area contributed by atoms with E-state index in [0.717, 1.165) is 33.8 Å². The van der Waals surface area contributed by atoms with Gasteiger partial charge in [-0.25, -0.2) is 5.43 Å². The number of rotatable bonds is 7. The van der Waals surface area contributed by atoms with Gasteiger partial charge in [-0.1, -0.05) is 60.2 Å². The highest BCUT2D eigenvalue weighted by molar-refractivity contribution is 8.00. The summed E-state index contributed by atoms with van der Waals surface area (Å²) in [5, 5.41) is 4.17. The zero-order valence-corrected chi connectivity index (χ0v) is 23.5.